The second-order valence-corrected chi connectivity index (χ2v) is 6.92. The molecule has 0 saturated heterocycles. The van der Waals surface area contributed by atoms with Crippen LogP contribution >= 0.6 is 0 Å². The summed E-state index contributed by atoms with van der Waals surface area (Å²) in [5.41, 5.74) is 5.56. The largest absolute Gasteiger partial charge is 0.326 e. The Hall–Kier alpha value is -2.35. The molecular formula is C22H24N2. The van der Waals surface area contributed by atoms with Crippen LogP contribution in [0, 0.1) is 6.92 Å². The van der Waals surface area contributed by atoms with E-state index in [-0.39, 0.29) is 6.04 Å². The summed E-state index contributed by atoms with van der Waals surface area (Å²) >= 11 is 0. The normalized spacial score (nSPS) is 16.4. The van der Waals surface area contributed by atoms with Crippen LogP contribution in [-0.2, 0) is 0 Å². The summed E-state index contributed by atoms with van der Waals surface area (Å²) in [7, 11) is 0. The van der Waals surface area contributed by atoms with Crippen LogP contribution in [0.2, 0.25) is 0 Å². The van der Waals surface area contributed by atoms with Gasteiger partial charge < -0.3 is 4.57 Å². The third-order valence-corrected chi connectivity index (χ3v) is 5.35. The molecule has 1 saturated carbocycles. The summed E-state index contributed by atoms with van der Waals surface area (Å²) < 4.78 is 2.20. The van der Waals surface area contributed by atoms with E-state index in [4.69, 9.17) is 0 Å². The van der Waals surface area contributed by atoms with E-state index in [0.29, 0.717) is 0 Å². The monoisotopic (exact) mass is 316 g/mol. The molecule has 0 N–H and O–H groups in total. The van der Waals surface area contributed by atoms with Crippen LogP contribution in [0.1, 0.15) is 59.9 Å². The van der Waals surface area contributed by atoms with E-state index in [9.17, 15) is 0 Å². The van der Waals surface area contributed by atoms with Gasteiger partial charge in [-0.15, -0.1) is 0 Å². The Morgan fingerprint density at radius 2 is 1.83 bits per heavy atom. The summed E-state index contributed by atoms with van der Waals surface area (Å²) in [5.74, 6) is 0.765. The number of aromatic nitrogens is 2. The lowest BCUT2D eigenvalue weighted by Gasteiger charge is -2.23. The molecule has 24 heavy (non-hydrogen) atoms. The lowest BCUT2D eigenvalue weighted by molar-refractivity contribution is 0.669. The third-order valence-electron chi connectivity index (χ3n) is 5.35. The van der Waals surface area contributed by atoms with Crippen molar-refractivity contribution in [3.63, 3.8) is 0 Å². The van der Waals surface area contributed by atoms with Gasteiger partial charge in [-0.05, 0) is 47.9 Å². The zero-order chi connectivity index (χ0) is 16.4. The van der Waals surface area contributed by atoms with Crippen molar-refractivity contribution in [2.24, 2.45) is 0 Å². The standard InChI is InChI=1S/C22H24N2/c1-17-15-20(18-7-5-6-8-18)11-12-21(17)22(24-14-13-23-16-24)19-9-3-2-4-10-19/h2-4,9-16,18,22H,5-8H2,1H3. The summed E-state index contributed by atoms with van der Waals surface area (Å²) in [6, 6.07) is 18.0. The first-order chi connectivity index (χ1) is 11.8. The molecule has 1 atom stereocenters. The molecule has 2 nitrogen and oxygen atoms in total. The second-order valence-electron chi connectivity index (χ2n) is 6.92. The predicted molar refractivity (Wildman–Crippen MR) is 98.3 cm³/mol. The minimum atomic E-state index is 0.186. The van der Waals surface area contributed by atoms with Gasteiger partial charge in [-0.1, -0.05) is 61.4 Å². The van der Waals surface area contributed by atoms with Crippen LogP contribution in [0.4, 0.5) is 0 Å². The molecule has 0 aliphatic heterocycles. The summed E-state index contributed by atoms with van der Waals surface area (Å²) in [5, 5.41) is 0. The highest BCUT2D eigenvalue weighted by molar-refractivity contribution is 5.41. The van der Waals surface area contributed by atoms with Crippen LogP contribution < -0.4 is 0 Å². The number of benzene rings is 2. The van der Waals surface area contributed by atoms with Crippen molar-refractivity contribution in [3.05, 3.63) is 89.5 Å². The van der Waals surface area contributed by atoms with Crippen LogP contribution in [0.5, 0.6) is 0 Å². The molecule has 122 valence electrons. The van der Waals surface area contributed by atoms with E-state index >= 15 is 0 Å². The zero-order valence-corrected chi connectivity index (χ0v) is 14.2. The van der Waals surface area contributed by atoms with E-state index < -0.39 is 0 Å². The van der Waals surface area contributed by atoms with Crippen molar-refractivity contribution in [3.8, 4) is 0 Å². The minimum absolute atomic E-state index is 0.186. The van der Waals surface area contributed by atoms with E-state index in [1.165, 1.54) is 47.9 Å². The Morgan fingerprint density at radius 1 is 1.04 bits per heavy atom. The van der Waals surface area contributed by atoms with Gasteiger partial charge in [0, 0.05) is 12.4 Å². The number of nitrogens with zero attached hydrogens (tertiary/aromatic N) is 2. The average Bonchev–Trinajstić information content (AvgIpc) is 3.31. The average molecular weight is 316 g/mol. The zero-order valence-electron chi connectivity index (χ0n) is 14.2. The number of rotatable bonds is 4. The molecule has 0 amide bonds. The molecule has 1 aromatic heterocycles. The predicted octanol–water partition coefficient (Wildman–Crippen LogP) is 5.49. The molecule has 0 radical (unpaired) electrons. The number of hydrogen-bond donors (Lipinski definition) is 0. The quantitative estimate of drug-likeness (QED) is 0.622. The summed E-state index contributed by atoms with van der Waals surface area (Å²) in [6.45, 7) is 2.25. The second kappa shape index (κ2) is 6.64. The molecule has 2 aromatic carbocycles. The maximum Gasteiger partial charge on any atom is 0.0954 e. The topological polar surface area (TPSA) is 17.8 Å². The van der Waals surface area contributed by atoms with E-state index in [1.54, 1.807) is 0 Å². The first kappa shape index (κ1) is 15.2. The van der Waals surface area contributed by atoms with E-state index in [1.807, 2.05) is 12.5 Å². The van der Waals surface area contributed by atoms with Crippen molar-refractivity contribution in [2.45, 2.75) is 44.6 Å². The highest BCUT2D eigenvalue weighted by Gasteiger charge is 2.21. The maximum atomic E-state index is 4.27. The van der Waals surface area contributed by atoms with Crippen LogP contribution in [0.15, 0.2) is 67.3 Å². The molecule has 1 fully saturated rings. The van der Waals surface area contributed by atoms with Crippen molar-refractivity contribution >= 4 is 0 Å². The molecule has 0 bridgehead atoms. The number of aryl methyl sites for hydroxylation is 1. The Bertz CT molecular complexity index is 784. The van der Waals surface area contributed by atoms with Gasteiger partial charge in [-0.25, -0.2) is 4.98 Å². The number of hydrogen-bond acceptors (Lipinski definition) is 1. The maximum absolute atomic E-state index is 4.27. The van der Waals surface area contributed by atoms with Gasteiger partial charge in [0.2, 0.25) is 0 Å². The van der Waals surface area contributed by atoms with Crippen LogP contribution in [0.25, 0.3) is 0 Å². The van der Waals surface area contributed by atoms with Gasteiger partial charge in [0.15, 0.2) is 0 Å². The first-order valence-electron chi connectivity index (χ1n) is 8.96. The molecule has 2 heteroatoms. The highest BCUT2D eigenvalue weighted by atomic mass is 15.1. The van der Waals surface area contributed by atoms with Gasteiger partial charge in [0.05, 0.1) is 12.4 Å². The fourth-order valence-corrected chi connectivity index (χ4v) is 4.09. The van der Waals surface area contributed by atoms with Gasteiger partial charge in [-0.3, -0.25) is 0 Å². The van der Waals surface area contributed by atoms with Crippen LogP contribution in [0.3, 0.4) is 0 Å². The lowest BCUT2D eigenvalue weighted by Crippen LogP contribution is -2.12. The highest BCUT2D eigenvalue weighted by Crippen LogP contribution is 2.36. The van der Waals surface area contributed by atoms with Gasteiger partial charge in [0.1, 0.15) is 0 Å². The molecule has 1 aliphatic carbocycles. The van der Waals surface area contributed by atoms with Crippen molar-refractivity contribution in [1.29, 1.82) is 0 Å². The van der Waals surface area contributed by atoms with E-state index in [2.05, 4.69) is 71.2 Å². The molecule has 1 unspecified atom stereocenters. The van der Waals surface area contributed by atoms with Crippen molar-refractivity contribution in [2.75, 3.05) is 0 Å². The van der Waals surface area contributed by atoms with Crippen molar-refractivity contribution < 1.29 is 0 Å². The fraction of sp³-hybridized carbons (Fsp3) is 0.318. The Morgan fingerprint density at radius 3 is 2.50 bits per heavy atom. The molecule has 4 rings (SSSR count). The lowest BCUT2D eigenvalue weighted by atomic mass is 9.89. The molecule has 1 aliphatic rings. The Kier molecular flexibility index (Phi) is 4.20. The van der Waals surface area contributed by atoms with Gasteiger partial charge >= 0.3 is 0 Å². The van der Waals surface area contributed by atoms with Gasteiger partial charge in [-0.2, -0.15) is 0 Å². The third kappa shape index (κ3) is 2.89. The smallest absolute Gasteiger partial charge is 0.0954 e. The molecule has 0 spiro atoms. The van der Waals surface area contributed by atoms with Crippen LogP contribution in [-0.4, -0.2) is 9.55 Å². The Labute approximate surface area is 144 Å². The first-order valence-corrected chi connectivity index (χ1v) is 8.96. The SMILES string of the molecule is Cc1cc(C2CCCC2)ccc1C(c1ccccc1)n1ccnc1. The molecule has 1 heterocycles. The fourth-order valence-electron chi connectivity index (χ4n) is 4.09. The molecular weight excluding hydrogens is 292 g/mol. The van der Waals surface area contributed by atoms with Crippen molar-refractivity contribution in [1.82, 2.24) is 9.55 Å². The minimum Gasteiger partial charge on any atom is -0.326 e. The van der Waals surface area contributed by atoms with Gasteiger partial charge in [0.25, 0.3) is 0 Å². The summed E-state index contributed by atoms with van der Waals surface area (Å²) in [4.78, 5) is 4.27. The number of imidazole rings is 1. The van der Waals surface area contributed by atoms with E-state index in [0.717, 1.165) is 5.92 Å². The molecule has 3 aromatic rings. The Balaban J connectivity index is 1.75. The summed E-state index contributed by atoms with van der Waals surface area (Å²) in [6.07, 6.45) is 11.3.